The van der Waals surface area contributed by atoms with E-state index in [1.807, 2.05) is 0 Å². The Balaban J connectivity index is 2.48. The van der Waals surface area contributed by atoms with Gasteiger partial charge in [0.1, 0.15) is 11.9 Å². The van der Waals surface area contributed by atoms with Crippen molar-refractivity contribution in [3.05, 3.63) is 64.2 Å². The smallest absolute Gasteiger partial charge is 0.384 e. The number of hydrogen-bond donors (Lipinski definition) is 1. The van der Waals surface area contributed by atoms with Crippen LogP contribution in [0.2, 0.25) is 5.02 Å². The van der Waals surface area contributed by atoms with E-state index < -0.39 is 29.2 Å². The molecule has 0 amide bonds. The molecule has 20 heavy (non-hydrogen) atoms. The van der Waals surface area contributed by atoms with Gasteiger partial charge in [0.2, 0.25) is 0 Å². The van der Waals surface area contributed by atoms with Gasteiger partial charge in [-0.05, 0) is 23.8 Å². The first kappa shape index (κ1) is 14.7. The van der Waals surface area contributed by atoms with Crippen molar-refractivity contribution in [3.63, 3.8) is 0 Å². The van der Waals surface area contributed by atoms with Crippen LogP contribution in [0.4, 0.5) is 17.6 Å². The zero-order chi connectivity index (χ0) is 14.9. The van der Waals surface area contributed by atoms with Gasteiger partial charge in [-0.15, -0.1) is 0 Å². The van der Waals surface area contributed by atoms with E-state index >= 15 is 0 Å². The summed E-state index contributed by atoms with van der Waals surface area (Å²) < 4.78 is 51.8. The Morgan fingerprint density at radius 3 is 2.50 bits per heavy atom. The van der Waals surface area contributed by atoms with Gasteiger partial charge < -0.3 is 5.11 Å². The number of aliphatic hydroxyl groups is 1. The van der Waals surface area contributed by atoms with Crippen LogP contribution in [0.25, 0.3) is 0 Å². The van der Waals surface area contributed by atoms with E-state index in [-0.39, 0.29) is 10.6 Å². The van der Waals surface area contributed by atoms with Crippen LogP contribution in [0.3, 0.4) is 0 Å². The average Bonchev–Trinajstić information content (AvgIpc) is 2.40. The van der Waals surface area contributed by atoms with E-state index in [0.717, 1.165) is 24.5 Å². The summed E-state index contributed by atoms with van der Waals surface area (Å²) in [7, 11) is 0. The highest BCUT2D eigenvalue weighted by molar-refractivity contribution is 6.30. The summed E-state index contributed by atoms with van der Waals surface area (Å²) in [4.78, 5) is 3.57. The average molecular weight is 306 g/mol. The topological polar surface area (TPSA) is 33.1 Å². The van der Waals surface area contributed by atoms with Gasteiger partial charge in [-0.25, -0.2) is 4.39 Å². The number of nitrogens with zero attached hydrogens (tertiary/aromatic N) is 1. The lowest BCUT2D eigenvalue weighted by Gasteiger charge is -2.17. The van der Waals surface area contributed by atoms with E-state index in [0.29, 0.717) is 0 Å². The third-order valence-electron chi connectivity index (χ3n) is 2.71. The van der Waals surface area contributed by atoms with Gasteiger partial charge in [0.05, 0.1) is 10.6 Å². The van der Waals surface area contributed by atoms with Crippen LogP contribution in [-0.4, -0.2) is 10.1 Å². The Bertz CT molecular complexity index is 630. The first-order valence-corrected chi connectivity index (χ1v) is 5.82. The van der Waals surface area contributed by atoms with Gasteiger partial charge in [0, 0.05) is 18.0 Å². The highest BCUT2D eigenvalue weighted by atomic mass is 35.5. The molecule has 1 atom stereocenters. The molecule has 106 valence electrons. The summed E-state index contributed by atoms with van der Waals surface area (Å²) in [5, 5.41) is 9.82. The Morgan fingerprint density at radius 2 is 1.90 bits per heavy atom. The summed E-state index contributed by atoms with van der Waals surface area (Å²) >= 11 is 5.49. The number of pyridine rings is 1. The zero-order valence-electron chi connectivity index (χ0n) is 9.83. The first-order valence-electron chi connectivity index (χ1n) is 5.45. The van der Waals surface area contributed by atoms with Crippen LogP contribution in [0.5, 0.6) is 0 Å². The van der Waals surface area contributed by atoms with Crippen LogP contribution in [-0.2, 0) is 6.18 Å². The molecule has 0 saturated heterocycles. The van der Waals surface area contributed by atoms with Crippen LogP contribution < -0.4 is 0 Å². The van der Waals surface area contributed by atoms with E-state index in [9.17, 15) is 22.7 Å². The lowest BCUT2D eigenvalue weighted by Crippen LogP contribution is -2.13. The maximum Gasteiger partial charge on any atom is 0.416 e. The van der Waals surface area contributed by atoms with Gasteiger partial charge in [-0.2, -0.15) is 13.2 Å². The molecule has 0 bridgehead atoms. The van der Waals surface area contributed by atoms with Crippen molar-refractivity contribution >= 4 is 11.6 Å². The quantitative estimate of drug-likeness (QED) is 0.852. The molecule has 0 fully saturated rings. The molecule has 2 rings (SSSR count). The molecule has 0 aliphatic heterocycles. The molecule has 1 N–H and O–H groups in total. The second kappa shape index (κ2) is 5.38. The summed E-state index contributed by atoms with van der Waals surface area (Å²) in [6.07, 6.45) is -4.40. The summed E-state index contributed by atoms with van der Waals surface area (Å²) in [5.41, 5.74) is -1.50. The highest BCUT2D eigenvalue weighted by Crippen LogP contribution is 2.36. The van der Waals surface area contributed by atoms with Crippen LogP contribution in [0.15, 0.2) is 36.7 Å². The molecule has 1 aromatic heterocycles. The van der Waals surface area contributed by atoms with Gasteiger partial charge in [0.25, 0.3) is 0 Å². The highest BCUT2D eigenvalue weighted by Gasteiger charge is 2.35. The summed E-state index contributed by atoms with van der Waals surface area (Å²) in [5.74, 6) is -0.819. The van der Waals surface area contributed by atoms with E-state index in [1.165, 1.54) is 12.1 Å². The van der Waals surface area contributed by atoms with Gasteiger partial charge in [-0.1, -0.05) is 17.7 Å². The van der Waals surface area contributed by atoms with Crippen molar-refractivity contribution < 1.29 is 22.7 Å². The minimum atomic E-state index is -4.63. The molecule has 0 aliphatic rings. The van der Waals surface area contributed by atoms with E-state index in [1.54, 1.807) is 0 Å². The monoisotopic (exact) mass is 305 g/mol. The lowest BCUT2D eigenvalue weighted by atomic mass is 9.98. The number of hydrogen-bond acceptors (Lipinski definition) is 2. The third kappa shape index (κ3) is 2.91. The third-order valence-corrected chi connectivity index (χ3v) is 3.02. The Kier molecular flexibility index (Phi) is 3.96. The van der Waals surface area contributed by atoms with Crippen LogP contribution >= 0.6 is 11.6 Å². The van der Waals surface area contributed by atoms with Crippen molar-refractivity contribution in [1.82, 2.24) is 4.98 Å². The summed E-state index contributed by atoms with van der Waals surface area (Å²) in [6.45, 7) is 0. The number of alkyl halides is 3. The Morgan fingerprint density at radius 1 is 1.20 bits per heavy atom. The predicted molar refractivity (Wildman–Crippen MR) is 64.7 cm³/mol. The second-order valence-corrected chi connectivity index (χ2v) is 4.44. The lowest BCUT2D eigenvalue weighted by molar-refractivity contribution is -0.139. The molecular weight excluding hydrogens is 298 g/mol. The number of rotatable bonds is 2. The van der Waals surface area contributed by atoms with Crippen LogP contribution in [0, 0.1) is 5.82 Å². The molecule has 1 unspecified atom stereocenters. The van der Waals surface area contributed by atoms with Crippen LogP contribution in [0.1, 0.15) is 22.8 Å². The maximum absolute atomic E-state index is 13.3. The fourth-order valence-electron chi connectivity index (χ4n) is 1.74. The molecule has 0 radical (unpaired) electrons. The number of aromatic nitrogens is 1. The molecule has 7 heteroatoms. The molecular formula is C13H8ClF4NO. The van der Waals surface area contributed by atoms with E-state index in [4.69, 9.17) is 11.6 Å². The number of benzene rings is 1. The molecule has 0 saturated carbocycles. The standard InChI is InChI=1S/C13H8ClF4NO/c14-10-2-1-7(5-11(10)15)12(20)8-6-19-4-3-9(8)13(16,17)18/h1-6,12,20H. The van der Waals surface area contributed by atoms with Crippen molar-refractivity contribution in [2.75, 3.05) is 0 Å². The molecule has 1 aromatic carbocycles. The fraction of sp³-hybridized carbons (Fsp3) is 0.154. The maximum atomic E-state index is 13.3. The van der Waals surface area contributed by atoms with Crippen molar-refractivity contribution in [1.29, 1.82) is 0 Å². The van der Waals surface area contributed by atoms with Crippen molar-refractivity contribution in [2.45, 2.75) is 12.3 Å². The fourth-order valence-corrected chi connectivity index (χ4v) is 1.86. The number of aliphatic hydroxyl groups excluding tert-OH is 1. The molecule has 0 spiro atoms. The van der Waals surface area contributed by atoms with Gasteiger partial charge >= 0.3 is 6.18 Å². The molecule has 2 aromatic rings. The zero-order valence-corrected chi connectivity index (χ0v) is 10.6. The minimum absolute atomic E-state index is 0.0367. The molecule has 0 aliphatic carbocycles. The second-order valence-electron chi connectivity index (χ2n) is 4.04. The molecule has 1 heterocycles. The van der Waals surface area contributed by atoms with E-state index in [2.05, 4.69) is 4.98 Å². The Hall–Kier alpha value is -1.66. The molecule has 2 nitrogen and oxygen atoms in total. The summed E-state index contributed by atoms with van der Waals surface area (Å²) in [6, 6.07) is 4.06. The van der Waals surface area contributed by atoms with Gasteiger partial charge in [-0.3, -0.25) is 4.98 Å². The van der Waals surface area contributed by atoms with Crippen molar-refractivity contribution in [3.8, 4) is 0 Å². The van der Waals surface area contributed by atoms with Gasteiger partial charge in [0.15, 0.2) is 0 Å². The predicted octanol–water partition coefficient (Wildman–Crippen LogP) is 3.97. The normalized spacial score (nSPS) is 13.3. The SMILES string of the molecule is OC(c1ccc(Cl)c(F)c1)c1cnccc1C(F)(F)F. The first-order chi connectivity index (χ1) is 9.30. The van der Waals surface area contributed by atoms with Crippen molar-refractivity contribution in [2.24, 2.45) is 0 Å². The number of halogens is 5. The largest absolute Gasteiger partial charge is 0.416 e. The minimum Gasteiger partial charge on any atom is -0.384 e. The Labute approximate surface area is 116 Å².